The van der Waals surface area contributed by atoms with Crippen LogP contribution in [0.4, 0.5) is 21.6 Å². The molecular formula is C18H15FN4O3S. The predicted octanol–water partition coefficient (Wildman–Crippen LogP) is 3.43. The number of benzene rings is 2. The maximum atomic E-state index is 13.0. The Hall–Kier alpha value is -3.33. The number of hydrogen-bond acceptors (Lipinski definition) is 5. The van der Waals surface area contributed by atoms with E-state index < -0.39 is 15.8 Å². The third-order valence-electron chi connectivity index (χ3n) is 4.14. The second kappa shape index (κ2) is 6.44. The van der Waals surface area contributed by atoms with Gasteiger partial charge in [-0.05, 0) is 54.6 Å². The molecule has 0 radical (unpaired) electrons. The van der Waals surface area contributed by atoms with Gasteiger partial charge in [0.05, 0.1) is 23.4 Å². The lowest BCUT2D eigenvalue weighted by Crippen LogP contribution is -2.39. The van der Waals surface area contributed by atoms with E-state index >= 15 is 0 Å². The van der Waals surface area contributed by atoms with Crippen LogP contribution in [0, 0.1) is 11.2 Å². The molecule has 9 heteroatoms. The lowest BCUT2D eigenvalue weighted by Gasteiger charge is -2.29. The van der Waals surface area contributed by atoms with E-state index in [-0.39, 0.29) is 10.7 Å². The summed E-state index contributed by atoms with van der Waals surface area (Å²) < 4.78 is 45.4. The number of nitrogens with zero attached hydrogens (tertiary/aromatic N) is 1. The number of fused-ring (bicyclic) bond motifs is 1. The van der Waals surface area contributed by atoms with Gasteiger partial charge in [0.2, 0.25) is 5.88 Å². The van der Waals surface area contributed by atoms with E-state index in [1.165, 1.54) is 18.4 Å². The Labute approximate surface area is 155 Å². The van der Waals surface area contributed by atoms with Crippen LogP contribution in [0.15, 0.2) is 70.2 Å². The number of anilines is 3. The highest BCUT2D eigenvalue weighted by atomic mass is 32.2. The SMILES string of the molecule is N=C1c2ccoc2NCN1c1ccc(NS(=O)(=O)c2ccc(F)cc2)cc1. The topological polar surface area (TPSA) is 98.4 Å². The van der Waals surface area contributed by atoms with Crippen LogP contribution >= 0.6 is 0 Å². The molecule has 0 bridgehead atoms. The molecular weight excluding hydrogens is 371 g/mol. The van der Waals surface area contributed by atoms with Gasteiger partial charge in [-0.25, -0.2) is 12.8 Å². The molecule has 0 unspecified atom stereocenters. The van der Waals surface area contributed by atoms with Crippen LogP contribution in [0.3, 0.4) is 0 Å². The van der Waals surface area contributed by atoms with Crippen molar-refractivity contribution in [3.8, 4) is 0 Å². The average Bonchev–Trinajstić information content (AvgIpc) is 3.13. The molecule has 1 aliphatic rings. The van der Waals surface area contributed by atoms with Crippen LogP contribution < -0.4 is 14.9 Å². The van der Waals surface area contributed by atoms with Gasteiger partial charge in [0.15, 0.2) is 0 Å². The standard InChI is InChI=1S/C18H15FN4O3S/c19-12-1-7-15(8-2-12)27(24,25)22-13-3-5-14(6-4-13)23-11-21-18-16(17(23)20)9-10-26-18/h1-10,20-22H,11H2. The van der Waals surface area contributed by atoms with Crippen LogP contribution in [0.5, 0.6) is 0 Å². The van der Waals surface area contributed by atoms with E-state index in [1.54, 1.807) is 35.2 Å². The Morgan fingerprint density at radius 1 is 1.07 bits per heavy atom. The van der Waals surface area contributed by atoms with E-state index in [0.717, 1.165) is 17.8 Å². The van der Waals surface area contributed by atoms with Gasteiger partial charge in [0.25, 0.3) is 10.0 Å². The van der Waals surface area contributed by atoms with E-state index in [0.29, 0.717) is 23.8 Å². The first-order valence-corrected chi connectivity index (χ1v) is 9.49. The summed E-state index contributed by atoms with van der Waals surface area (Å²) in [5.74, 6) is 0.341. The lowest BCUT2D eigenvalue weighted by atomic mass is 10.2. The number of halogens is 1. The molecule has 27 heavy (non-hydrogen) atoms. The van der Waals surface area contributed by atoms with E-state index in [4.69, 9.17) is 9.83 Å². The van der Waals surface area contributed by atoms with Crippen molar-refractivity contribution in [2.45, 2.75) is 4.90 Å². The smallest absolute Gasteiger partial charge is 0.261 e. The van der Waals surface area contributed by atoms with E-state index in [2.05, 4.69) is 10.0 Å². The molecule has 0 aliphatic carbocycles. The van der Waals surface area contributed by atoms with E-state index in [1.807, 2.05) is 0 Å². The maximum absolute atomic E-state index is 13.0. The average molecular weight is 386 g/mol. The van der Waals surface area contributed by atoms with Crippen molar-refractivity contribution < 1.29 is 17.2 Å². The molecule has 0 saturated carbocycles. The summed E-state index contributed by atoms with van der Waals surface area (Å²) in [6, 6.07) is 12.9. The number of sulfonamides is 1. The zero-order valence-electron chi connectivity index (χ0n) is 13.9. The molecule has 1 aromatic heterocycles. The molecule has 3 N–H and O–H groups in total. The fourth-order valence-corrected chi connectivity index (χ4v) is 3.82. The summed E-state index contributed by atoms with van der Waals surface area (Å²) in [4.78, 5) is 1.71. The summed E-state index contributed by atoms with van der Waals surface area (Å²) >= 11 is 0. The molecule has 4 rings (SSSR count). The Kier molecular flexibility index (Phi) is 4.08. The Bertz CT molecular complexity index is 1090. The van der Waals surface area contributed by atoms with Crippen LogP contribution in [-0.4, -0.2) is 20.9 Å². The first-order chi connectivity index (χ1) is 12.9. The van der Waals surface area contributed by atoms with Gasteiger partial charge in [-0.1, -0.05) is 0 Å². The zero-order chi connectivity index (χ0) is 19.0. The number of rotatable bonds is 4. The molecule has 0 atom stereocenters. The number of hydrogen-bond donors (Lipinski definition) is 3. The summed E-state index contributed by atoms with van der Waals surface area (Å²) in [5.41, 5.74) is 1.75. The van der Waals surface area contributed by atoms with Crippen LogP contribution in [0.25, 0.3) is 0 Å². The minimum absolute atomic E-state index is 0.0255. The van der Waals surface area contributed by atoms with Crippen molar-refractivity contribution in [3.63, 3.8) is 0 Å². The molecule has 0 spiro atoms. The quantitative estimate of drug-likeness (QED) is 0.638. The maximum Gasteiger partial charge on any atom is 0.261 e. The fraction of sp³-hybridized carbons (Fsp3) is 0.0556. The van der Waals surface area contributed by atoms with E-state index in [9.17, 15) is 12.8 Å². The molecule has 3 aromatic rings. The highest BCUT2D eigenvalue weighted by molar-refractivity contribution is 7.92. The minimum atomic E-state index is -3.81. The Morgan fingerprint density at radius 3 is 2.48 bits per heavy atom. The fourth-order valence-electron chi connectivity index (χ4n) is 2.77. The molecule has 7 nitrogen and oxygen atoms in total. The van der Waals surface area contributed by atoms with Gasteiger partial charge in [0, 0.05) is 11.4 Å². The second-order valence-corrected chi connectivity index (χ2v) is 7.56. The van der Waals surface area contributed by atoms with Crippen molar-refractivity contribution in [1.29, 1.82) is 5.41 Å². The first kappa shape index (κ1) is 17.1. The second-order valence-electron chi connectivity index (χ2n) is 5.88. The molecule has 2 heterocycles. The Balaban J connectivity index is 1.53. The molecule has 138 valence electrons. The van der Waals surface area contributed by atoms with Crippen LogP contribution in [0.1, 0.15) is 5.56 Å². The molecule has 0 amide bonds. The van der Waals surface area contributed by atoms with Gasteiger partial charge in [-0.15, -0.1) is 0 Å². The number of amidine groups is 1. The molecule has 0 fully saturated rings. The largest absolute Gasteiger partial charge is 0.448 e. The lowest BCUT2D eigenvalue weighted by molar-refractivity contribution is 0.577. The van der Waals surface area contributed by atoms with Crippen LogP contribution in [0.2, 0.25) is 0 Å². The third kappa shape index (κ3) is 3.24. The van der Waals surface area contributed by atoms with Gasteiger partial charge in [0.1, 0.15) is 11.7 Å². The summed E-state index contributed by atoms with van der Waals surface area (Å²) in [7, 11) is -3.81. The number of nitrogens with one attached hydrogen (secondary N) is 3. The third-order valence-corrected chi connectivity index (χ3v) is 5.54. The normalized spacial score (nSPS) is 13.8. The molecule has 2 aromatic carbocycles. The van der Waals surface area contributed by atoms with Crippen molar-refractivity contribution in [2.75, 3.05) is 21.6 Å². The summed E-state index contributed by atoms with van der Waals surface area (Å²) in [6.07, 6.45) is 1.52. The first-order valence-electron chi connectivity index (χ1n) is 8.00. The van der Waals surface area contributed by atoms with Gasteiger partial charge in [-0.3, -0.25) is 10.1 Å². The summed E-state index contributed by atoms with van der Waals surface area (Å²) in [5, 5.41) is 11.4. The highest BCUT2D eigenvalue weighted by Crippen LogP contribution is 2.28. The number of furan rings is 1. The van der Waals surface area contributed by atoms with Crippen molar-refractivity contribution >= 4 is 33.1 Å². The monoisotopic (exact) mass is 386 g/mol. The van der Waals surface area contributed by atoms with Crippen molar-refractivity contribution in [1.82, 2.24) is 0 Å². The van der Waals surface area contributed by atoms with Crippen LogP contribution in [-0.2, 0) is 10.0 Å². The predicted molar refractivity (Wildman–Crippen MR) is 100 cm³/mol. The van der Waals surface area contributed by atoms with Crippen molar-refractivity contribution in [3.05, 3.63) is 72.2 Å². The summed E-state index contributed by atoms with van der Waals surface area (Å²) in [6.45, 7) is 0.361. The molecule has 1 aliphatic heterocycles. The zero-order valence-corrected chi connectivity index (χ0v) is 14.8. The highest BCUT2D eigenvalue weighted by Gasteiger charge is 2.24. The van der Waals surface area contributed by atoms with Gasteiger partial charge >= 0.3 is 0 Å². The minimum Gasteiger partial charge on any atom is -0.448 e. The Morgan fingerprint density at radius 2 is 1.78 bits per heavy atom. The molecule has 0 saturated heterocycles. The van der Waals surface area contributed by atoms with Crippen molar-refractivity contribution in [2.24, 2.45) is 0 Å². The van der Waals surface area contributed by atoms with Gasteiger partial charge < -0.3 is 14.6 Å². The van der Waals surface area contributed by atoms with Gasteiger partial charge in [-0.2, -0.15) is 0 Å².